The normalized spacial score (nSPS) is 13.3. The van der Waals surface area contributed by atoms with E-state index in [1.165, 1.54) is 68.9 Å². The second-order valence-electron chi connectivity index (χ2n) is 7.35. The fourth-order valence-corrected chi connectivity index (χ4v) is 3.34. The van der Waals surface area contributed by atoms with Crippen molar-refractivity contribution >= 4 is 0 Å². The molecule has 1 heteroatoms. The Morgan fingerprint density at radius 1 is 0.864 bits per heavy atom. The maximum Gasteiger partial charge on any atom is 0.0355 e. The van der Waals surface area contributed by atoms with Gasteiger partial charge in [0.25, 0.3) is 0 Å². The van der Waals surface area contributed by atoms with Crippen LogP contribution in [0.3, 0.4) is 0 Å². The third kappa shape index (κ3) is 6.52. The molecule has 0 radical (unpaired) electrons. The Hall–Kier alpha value is -0.820. The fourth-order valence-electron chi connectivity index (χ4n) is 3.34. The molecule has 1 nitrogen and oxygen atoms in total. The molecule has 0 saturated heterocycles. The van der Waals surface area contributed by atoms with Gasteiger partial charge in [-0.05, 0) is 43.7 Å². The second kappa shape index (κ2) is 10.0. The molecule has 0 aliphatic rings. The lowest BCUT2D eigenvalue weighted by atomic mass is 9.81. The van der Waals surface area contributed by atoms with Crippen LogP contribution in [0, 0.1) is 0 Å². The minimum atomic E-state index is -0.247. The van der Waals surface area contributed by atoms with Crippen molar-refractivity contribution < 1.29 is 0 Å². The fraction of sp³-hybridized carbons (Fsp3) is 0.714. The first kappa shape index (κ1) is 19.2. The van der Waals surface area contributed by atoms with Crippen LogP contribution in [0.15, 0.2) is 24.3 Å². The SMILES string of the molecule is CCCCCCCC(CCCC)c1ccccc1C(C)(C)N. The van der Waals surface area contributed by atoms with E-state index in [1.54, 1.807) is 0 Å². The van der Waals surface area contributed by atoms with Crippen LogP contribution in [0.25, 0.3) is 0 Å². The first-order chi connectivity index (χ1) is 10.5. The van der Waals surface area contributed by atoms with Crippen molar-refractivity contribution in [2.24, 2.45) is 5.73 Å². The zero-order valence-electron chi connectivity index (χ0n) is 15.3. The largest absolute Gasteiger partial charge is 0.322 e. The van der Waals surface area contributed by atoms with Gasteiger partial charge < -0.3 is 5.73 Å². The Labute approximate surface area is 138 Å². The molecule has 126 valence electrons. The average Bonchev–Trinajstić information content (AvgIpc) is 2.49. The molecule has 0 fully saturated rings. The molecule has 1 rings (SSSR count). The summed E-state index contributed by atoms with van der Waals surface area (Å²) in [5.74, 6) is 0.681. The van der Waals surface area contributed by atoms with E-state index in [9.17, 15) is 0 Å². The molecule has 22 heavy (non-hydrogen) atoms. The lowest BCUT2D eigenvalue weighted by Crippen LogP contribution is -2.30. The van der Waals surface area contributed by atoms with Crippen LogP contribution >= 0.6 is 0 Å². The van der Waals surface area contributed by atoms with E-state index in [1.807, 2.05) is 0 Å². The number of benzene rings is 1. The summed E-state index contributed by atoms with van der Waals surface area (Å²) in [6.07, 6.45) is 12.0. The van der Waals surface area contributed by atoms with Gasteiger partial charge in [0.2, 0.25) is 0 Å². The Bertz CT molecular complexity index is 403. The van der Waals surface area contributed by atoms with Crippen molar-refractivity contribution in [2.75, 3.05) is 0 Å². The molecule has 0 spiro atoms. The van der Waals surface area contributed by atoms with Crippen molar-refractivity contribution in [1.29, 1.82) is 0 Å². The molecule has 1 aromatic rings. The molecule has 1 atom stereocenters. The van der Waals surface area contributed by atoms with Gasteiger partial charge in [0, 0.05) is 5.54 Å². The van der Waals surface area contributed by atoms with Gasteiger partial charge >= 0.3 is 0 Å². The molecule has 0 heterocycles. The van der Waals surface area contributed by atoms with E-state index in [0.717, 1.165) is 0 Å². The number of nitrogens with two attached hydrogens (primary N) is 1. The minimum Gasteiger partial charge on any atom is -0.322 e. The molecular formula is C21H37N. The molecule has 0 aliphatic carbocycles. The molecule has 1 unspecified atom stereocenters. The highest BCUT2D eigenvalue weighted by Gasteiger charge is 2.22. The van der Waals surface area contributed by atoms with Crippen molar-refractivity contribution in [3.05, 3.63) is 35.4 Å². The topological polar surface area (TPSA) is 26.0 Å². The molecule has 0 bridgehead atoms. The smallest absolute Gasteiger partial charge is 0.0355 e. The Kier molecular flexibility index (Phi) is 8.78. The summed E-state index contributed by atoms with van der Waals surface area (Å²) >= 11 is 0. The zero-order chi connectivity index (χ0) is 16.4. The zero-order valence-corrected chi connectivity index (χ0v) is 15.3. The summed E-state index contributed by atoms with van der Waals surface area (Å²) in [7, 11) is 0. The molecule has 0 aliphatic heterocycles. The van der Waals surface area contributed by atoms with Crippen LogP contribution in [-0.2, 0) is 5.54 Å². The summed E-state index contributed by atoms with van der Waals surface area (Å²) < 4.78 is 0. The monoisotopic (exact) mass is 303 g/mol. The lowest BCUT2D eigenvalue weighted by Gasteiger charge is -2.27. The first-order valence-corrected chi connectivity index (χ1v) is 9.39. The highest BCUT2D eigenvalue weighted by atomic mass is 14.7. The highest BCUT2D eigenvalue weighted by Crippen LogP contribution is 2.34. The maximum absolute atomic E-state index is 6.42. The average molecular weight is 304 g/mol. The summed E-state index contributed by atoms with van der Waals surface area (Å²) in [6, 6.07) is 8.86. The molecule has 0 saturated carbocycles. The Morgan fingerprint density at radius 2 is 1.45 bits per heavy atom. The minimum absolute atomic E-state index is 0.247. The quantitative estimate of drug-likeness (QED) is 0.463. The molecule has 0 amide bonds. The molecule has 0 aromatic heterocycles. The van der Waals surface area contributed by atoms with Crippen LogP contribution in [0.5, 0.6) is 0 Å². The van der Waals surface area contributed by atoms with Crippen molar-refractivity contribution in [3.8, 4) is 0 Å². The van der Waals surface area contributed by atoms with Crippen LogP contribution in [0.1, 0.15) is 103 Å². The molecular weight excluding hydrogens is 266 g/mol. The van der Waals surface area contributed by atoms with Crippen LogP contribution < -0.4 is 5.73 Å². The van der Waals surface area contributed by atoms with Gasteiger partial charge in [0.15, 0.2) is 0 Å². The predicted molar refractivity (Wildman–Crippen MR) is 99.3 cm³/mol. The van der Waals surface area contributed by atoms with Crippen molar-refractivity contribution in [2.45, 2.75) is 96.9 Å². The van der Waals surface area contributed by atoms with Crippen LogP contribution in [0.4, 0.5) is 0 Å². The third-order valence-electron chi connectivity index (χ3n) is 4.66. The lowest BCUT2D eigenvalue weighted by molar-refractivity contribution is 0.483. The number of hydrogen-bond donors (Lipinski definition) is 1. The van der Waals surface area contributed by atoms with E-state index in [4.69, 9.17) is 5.73 Å². The summed E-state index contributed by atoms with van der Waals surface area (Å²) in [5.41, 5.74) is 9.01. The first-order valence-electron chi connectivity index (χ1n) is 9.39. The summed E-state index contributed by atoms with van der Waals surface area (Å²) in [4.78, 5) is 0. The summed E-state index contributed by atoms with van der Waals surface area (Å²) in [5, 5.41) is 0. The van der Waals surface area contributed by atoms with Gasteiger partial charge in [-0.2, -0.15) is 0 Å². The number of hydrogen-bond acceptors (Lipinski definition) is 1. The van der Waals surface area contributed by atoms with Gasteiger partial charge in [-0.25, -0.2) is 0 Å². The van der Waals surface area contributed by atoms with E-state index in [0.29, 0.717) is 5.92 Å². The van der Waals surface area contributed by atoms with Gasteiger partial charge in [-0.15, -0.1) is 0 Å². The van der Waals surface area contributed by atoms with E-state index in [2.05, 4.69) is 52.0 Å². The Balaban J connectivity index is 2.78. The molecule has 2 N–H and O–H groups in total. The van der Waals surface area contributed by atoms with Crippen molar-refractivity contribution in [3.63, 3.8) is 0 Å². The van der Waals surface area contributed by atoms with Gasteiger partial charge in [0.1, 0.15) is 0 Å². The summed E-state index contributed by atoms with van der Waals surface area (Å²) in [6.45, 7) is 8.83. The van der Waals surface area contributed by atoms with Crippen LogP contribution in [0.2, 0.25) is 0 Å². The van der Waals surface area contributed by atoms with Gasteiger partial charge in [-0.3, -0.25) is 0 Å². The van der Waals surface area contributed by atoms with Crippen LogP contribution in [-0.4, -0.2) is 0 Å². The van der Waals surface area contributed by atoms with Gasteiger partial charge in [-0.1, -0.05) is 83.1 Å². The number of unbranched alkanes of at least 4 members (excludes halogenated alkanes) is 5. The second-order valence-corrected chi connectivity index (χ2v) is 7.35. The highest BCUT2D eigenvalue weighted by molar-refractivity contribution is 5.35. The number of rotatable bonds is 11. The standard InChI is InChI=1S/C21H37N/c1-5-7-9-10-11-15-18(14-8-6-2)19-16-12-13-17-20(19)21(3,4)22/h12-13,16-18H,5-11,14-15,22H2,1-4H3. The van der Waals surface area contributed by atoms with E-state index >= 15 is 0 Å². The van der Waals surface area contributed by atoms with Crippen molar-refractivity contribution in [1.82, 2.24) is 0 Å². The van der Waals surface area contributed by atoms with Gasteiger partial charge in [0.05, 0.1) is 0 Å². The van der Waals surface area contributed by atoms with E-state index < -0.39 is 0 Å². The Morgan fingerprint density at radius 3 is 2.09 bits per heavy atom. The van der Waals surface area contributed by atoms with E-state index in [-0.39, 0.29) is 5.54 Å². The predicted octanol–water partition coefficient (Wildman–Crippen LogP) is 6.51. The third-order valence-corrected chi connectivity index (χ3v) is 4.66. The maximum atomic E-state index is 6.42. The molecule has 1 aromatic carbocycles.